The largest absolute Gasteiger partial charge is 0.497 e. The molecule has 0 saturated heterocycles. The van der Waals surface area contributed by atoms with Crippen LogP contribution >= 0.6 is 0 Å². The molecule has 0 bridgehead atoms. The fraction of sp³-hybridized carbons (Fsp3) is 0.308. The molecule has 2 aromatic heterocycles. The molecule has 0 spiro atoms. The Bertz CT molecular complexity index is 1330. The predicted molar refractivity (Wildman–Crippen MR) is 130 cm³/mol. The van der Waals surface area contributed by atoms with Crippen molar-refractivity contribution in [3.05, 3.63) is 70.5 Å². The normalized spacial score (nSPS) is 15.1. The third-order valence-electron chi connectivity index (χ3n) is 5.30. The molecule has 7 heteroatoms. The van der Waals surface area contributed by atoms with Gasteiger partial charge in [-0.2, -0.15) is 0 Å². The number of carbonyl (C=O) groups is 1. The summed E-state index contributed by atoms with van der Waals surface area (Å²) in [5.74, 6) is 1.32. The summed E-state index contributed by atoms with van der Waals surface area (Å²) in [5, 5.41) is 0.846. The van der Waals surface area contributed by atoms with E-state index in [-0.39, 0.29) is 0 Å². The number of nitrogens with zero attached hydrogens (tertiary/aromatic N) is 2. The first kappa shape index (κ1) is 22.5. The summed E-state index contributed by atoms with van der Waals surface area (Å²) in [6, 6.07) is 9.55. The molecule has 1 aliphatic heterocycles. The molecule has 0 saturated carbocycles. The Hall–Kier alpha value is -3.74. The molecule has 0 atom stereocenters. The van der Waals surface area contributed by atoms with E-state index in [1.807, 2.05) is 71.0 Å². The van der Waals surface area contributed by atoms with Crippen LogP contribution in [0.1, 0.15) is 43.4 Å². The number of carbonyl (C=O) groups excluding carboxylic acids is 1. The number of allylic oxidation sites excluding steroid dienone is 1. The standard InChI is InChI=1S/C26H29N3O4/c1-15-10-16(2)27-19(15)13-21-24(32-7)14-20(28-21)23-12-17-11-18(31-6)8-9-22(17)29(23)25(30)33-26(3,4)5/h8-14,27H,1-7H3/b21-13-. The van der Waals surface area contributed by atoms with Gasteiger partial charge in [-0.1, -0.05) is 0 Å². The molecule has 4 rings (SSSR count). The lowest BCUT2D eigenvalue weighted by molar-refractivity contribution is 0.0544. The molecule has 0 fully saturated rings. The molecular formula is C26H29N3O4. The molecule has 33 heavy (non-hydrogen) atoms. The van der Waals surface area contributed by atoms with Crippen LogP contribution in [0.2, 0.25) is 0 Å². The third kappa shape index (κ3) is 4.44. The summed E-state index contributed by atoms with van der Waals surface area (Å²) in [7, 11) is 3.22. The Kier molecular flexibility index (Phi) is 5.66. The lowest BCUT2D eigenvalue weighted by Gasteiger charge is -2.20. The topological polar surface area (TPSA) is 77.8 Å². The molecule has 3 heterocycles. The second-order valence-electron chi connectivity index (χ2n) is 9.06. The van der Waals surface area contributed by atoms with Gasteiger partial charge in [-0.3, -0.25) is 0 Å². The lowest BCUT2D eigenvalue weighted by atomic mass is 10.2. The Morgan fingerprint density at radius 2 is 1.85 bits per heavy atom. The van der Waals surface area contributed by atoms with Crippen molar-refractivity contribution >= 4 is 28.8 Å². The number of nitrogens with one attached hydrogen (secondary N) is 1. The van der Waals surface area contributed by atoms with Crippen molar-refractivity contribution in [2.45, 2.75) is 40.2 Å². The van der Waals surface area contributed by atoms with Crippen molar-refractivity contribution in [3.63, 3.8) is 0 Å². The van der Waals surface area contributed by atoms with Crippen molar-refractivity contribution in [3.8, 4) is 5.75 Å². The summed E-state index contributed by atoms with van der Waals surface area (Å²) in [5.41, 5.74) is 5.13. The molecule has 7 nitrogen and oxygen atoms in total. The van der Waals surface area contributed by atoms with E-state index in [2.05, 4.69) is 11.1 Å². The number of hydrogen-bond acceptors (Lipinski definition) is 5. The molecule has 0 amide bonds. The Morgan fingerprint density at radius 1 is 1.09 bits per heavy atom. The van der Waals surface area contributed by atoms with E-state index in [0.717, 1.165) is 22.3 Å². The molecule has 1 aliphatic rings. The predicted octanol–water partition coefficient (Wildman–Crippen LogP) is 5.75. The van der Waals surface area contributed by atoms with E-state index in [1.165, 1.54) is 0 Å². The number of aromatic nitrogens is 2. The van der Waals surface area contributed by atoms with Crippen LogP contribution in [-0.4, -0.2) is 41.2 Å². The highest BCUT2D eigenvalue weighted by Crippen LogP contribution is 2.31. The van der Waals surface area contributed by atoms with Gasteiger partial charge in [-0.25, -0.2) is 14.4 Å². The third-order valence-corrected chi connectivity index (χ3v) is 5.30. The molecule has 0 aliphatic carbocycles. The maximum atomic E-state index is 13.2. The van der Waals surface area contributed by atoms with E-state index >= 15 is 0 Å². The number of hydrogen-bond donors (Lipinski definition) is 1. The summed E-state index contributed by atoms with van der Waals surface area (Å²) >= 11 is 0. The van der Waals surface area contributed by atoms with Crippen molar-refractivity contribution in [2.24, 2.45) is 4.99 Å². The van der Waals surface area contributed by atoms with Crippen LogP contribution in [0.15, 0.2) is 52.9 Å². The number of aryl methyl sites for hydroxylation is 2. The molecule has 0 unspecified atom stereocenters. The van der Waals surface area contributed by atoms with Gasteiger partial charge in [0.05, 0.1) is 31.1 Å². The highest BCUT2D eigenvalue weighted by molar-refractivity contribution is 6.15. The highest BCUT2D eigenvalue weighted by atomic mass is 16.6. The molecule has 172 valence electrons. The van der Waals surface area contributed by atoms with Crippen LogP contribution in [0.3, 0.4) is 0 Å². The van der Waals surface area contributed by atoms with E-state index < -0.39 is 11.7 Å². The smallest absolute Gasteiger partial charge is 0.419 e. The molecular weight excluding hydrogens is 418 g/mol. The van der Waals surface area contributed by atoms with Gasteiger partial charge < -0.3 is 19.2 Å². The van der Waals surface area contributed by atoms with Crippen molar-refractivity contribution < 1.29 is 19.0 Å². The van der Waals surface area contributed by atoms with Crippen LogP contribution in [0.4, 0.5) is 4.79 Å². The van der Waals surface area contributed by atoms with Crippen LogP contribution in [0.25, 0.3) is 17.0 Å². The number of H-pyrrole nitrogens is 1. The zero-order valence-electron chi connectivity index (χ0n) is 20.1. The van der Waals surface area contributed by atoms with E-state index in [0.29, 0.717) is 34.1 Å². The van der Waals surface area contributed by atoms with Gasteiger partial charge in [0.15, 0.2) is 0 Å². The first-order valence-corrected chi connectivity index (χ1v) is 10.8. The van der Waals surface area contributed by atoms with Gasteiger partial charge in [-0.15, -0.1) is 0 Å². The second kappa shape index (κ2) is 8.31. The van der Waals surface area contributed by atoms with Gasteiger partial charge in [0.1, 0.15) is 22.8 Å². The summed E-state index contributed by atoms with van der Waals surface area (Å²) in [6.07, 6.45) is 3.32. The number of benzene rings is 1. The monoisotopic (exact) mass is 447 g/mol. The minimum Gasteiger partial charge on any atom is -0.497 e. The van der Waals surface area contributed by atoms with Crippen LogP contribution in [-0.2, 0) is 9.47 Å². The molecule has 1 aromatic carbocycles. The average Bonchev–Trinajstić information content (AvgIpc) is 3.40. The maximum Gasteiger partial charge on any atom is 0.419 e. The number of rotatable bonds is 4. The fourth-order valence-electron chi connectivity index (χ4n) is 3.86. The summed E-state index contributed by atoms with van der Waals surface area (Å²) in [6.45, 7) is 9.59. The number of aliphatic imine (C=N–C) groups is 1. The SMILES string of the molecule is COC1=CC(c2cc3cc(OC)ccc3n2C(=O)OC(C)(C)C)=N/C1=C\c1[nH]c(C)cc1C. The molecule has 3 aromatic rings. The minimum atomic E-state index is -0.642. The van der Waals surface area contributed by atoms with Gasteiger partial charge >= 0.3 is 6.09 Å². The first-order chi connectivity index (χ1) is 15.6. The number of methoxy groups -OCH3 is 2. The van der Waals surface area contributed by atoms with E-state index in [9.17, 15) is 4.79 Å². The number of fused-ring (bicyclic) bond motifs is 1. The fourth-order valence-corrected chi connectivity index (χ4v) is 3.86. The van der Waals surface area contributed by atoms with Gasteiger partial charge in [-0.05, 0) is 76.6 Å². The number of aromatic amines is 1. The zero-order chi connectivity index (χ0) is 23.9. The van der Waals surface area contributed by atoms with Gasteiger partial charge in [0.2, 0.25) is 0 Å². The minimum absolute atomic E-state index is 0.471. The Morgan fingerprint density at radius 3 is 2.45 bits per heavy atom. The molecule has 0 radical (unpaired) electrons. The number of ether oxygens (including phenoxy) is 3. The van der Waals surface area contributed by atoms with Gasteiger partial charge in [0.25, 0.3) is 0 Å². The average molecular weight is 448 g/mol. The van der Waals surface area contributed by atoms with E-state index in [1.54, 1.807) is 18.8 Å². The first-order valence-electron chi connectivity index (χ1n) is 10.8. The van der Waals surface area contributed by atoms with Crippen LogP contribution in [0, 0.1) is 13.8 Å². The van der Waals surface area contributed by atoms with E-state index in [4.69, 9.17) is 19.2 Å². The van der Waals surface area contributed by atoms with Gasteiger partial charge in [0, 0.05) is 22.9 Å². The zero-order valence-corrected chi connectivity index (χ0v) is 20.1. The maximum absolute atomic E-state index is 13.2. The van der Waals surface area contributed by atoms with Crippen molar-refractivity contribution in [1.29, 1.82) is 0 Å². The van der Waals surface area contributed by atoms with Crippen LogP contribution in [0.5, 0.6) is 5.75 Å². The van der Waals surface area contributed by atoms with Crippen LogP contribution < -0.4 is 4.74 Å². The quantitative estimate of drug-likeness (QED) is 0.552. The Labute approximate surface area is 193 Å². The van der Waals surface area contributed by atoms with Crippen molar-refractivity contribution in [2.75, 3.05) is 14.2 Å². The van der Waals surface area contributed by atoms with Crippen molar-refractivity contribution in [1.82, 2.24) is 9.55 Å². The summed E-state index contributed by atoms with van der Waals surface area (Å²) in [4.78, 5) is 21.4. The second-order valence-corrected chi connectivity index (χ2v) is 9.06. The molecule has 1 N–H and O–H groups in total. The highest BCUT2D eigenvalue weighted by Gasteiger charge is 2.27. The Balaban J connectivity index is 1.87. The summed E-state index contributed by atoms with van der Waals surface area (Å²) < 4.78 is 18.2. The lowest BCUT2D eigenvalue weighted by Crippen LogP contribution is -2.28.